The zero-order valence-corrected chi connectivity index (χ0v) is 34.8. The number of unbranched alkanes of at least 4 members (excludes halogenated alkanes) is 25. The molecule has 0 atom stereocenters. The highest BCUT2D eigenvalue weighted by molar-refractivity contribution is 5.69. The first-order valence-corrected chi connectivity index (χ1v) is 22.7. The number of ether oxygens (including phenoxy) is 2. The first-order valence-electron chi connectivity index (χ1n) is 22.7. The molecule has 6 nitrogen and oxygen atoms in total. The van der Waals surface area contributed by atoms with Crippen molar-refractivity contribution in [2.45, 2.75) is 219 Å². The maximum Gasteiger partial charge on any atom is 0.307 e. The predicted octanol–water partition coefficient (Wildman–Crippen LogP) is 12.9. The minimum absolute atomic E-state index is 0.0959. The van der Waals surface area contributed by atoms with Gasteiger partial charge in [-0.05, 0) is 90.1 Å². The Morgan fingerprint density at radius 3 is 0.981 bits per heavy atom. The van der Waals surface area contributed by atoms with Crippen LogP contribution in [0, 0.1) is 0 Å². The van der Waals surface area contributed by atoms with Crippen molar-refractivity contribution in [1.29, 1.82) is 0 Å². The zero-order chi connectivity index (χ0) is 37.7. The van der Waals surface area contributed by atoms with E-state index in [0.29, 0.717) is 39.1 Å². The molecule has 0 radical (unpaired) electrons. The lowest BCUT2D eigenvalue weighted by atomic mass is 10.1. The number of hydrogen-bond donors (Lipinski definition) is 2. The fraction of sp³-hybridized carbons (Fsp3) is 0.870. The molecule has 0 bridgehead atoms. The van der Waals surface area contributed by atoms with Crippen molar-refractivity contribution < 1.29 is 19.1 Å². The second-order valence-electron chi connectivity index (χ2n) is 15.0. The van der Waals surface area contributed by atoms with Crippen LogP contribution in [0.15, 0.2) is 24.3 Å². The molecule has 0 aromatic rings. The van der Waals surface area contributed by atoms with E-state index in [1.165, 1.54) is 154 Å². The molecule has 52 heavy (non-hydrogen) atoms. The Hall–Kier alpha value is -1.66. The van der Waals surface area contributed by atoms with Gasteiger partial charge in [0.1, 0.15) is 0 Å². The van der Waals surface area contributed by atoms with Crippen molar-refractivity contribution in [2.24, 2.45) is 0 Å². The van der Waals surface area contributed by atoms with Crippen LogP contribution in [0.5, 0.6) is 0 Å². The third kappa shape index (κ3) is 44.5. The molecular formula is C46H88N2O4. The fourth-order valence-electron chi connectivity index (χ4n) is 6.35. The average Bonchev–Trinajstić information content (AvgIpc) is 3.14. The normalized spacial score (nSPS) is 11.7. The SMILES string of the molecule is CCCCCCCC/C=C/CCCCCCCCOC(=O)CCNCCCCNCCC(=O)OCCCCCCCC/C=C/CCCCCCCC. The molecule has 0 fully saturated rings. The number of carbonyl (C=O) groups is 2. The van der Waals surface area contributed by atoms with Crippen LogP contribution in [0.4, 0.5) is 0 Å². The predicted molar refractivity (Wildman–Crippen MR) is 225 cm³/mol. The van der Waals surface area contributed by atoms with Crippen LogP contribution in [0.3, 0.4) is 0 Å². The molecule has 0 aliphatic rings. The molecule has 0 spiro atoms. The summed E-state index contributed by atoms with van der Waals surface area (Å²) in [7, 11) is 0. The van der Waals surface area contributed by atoms with Crippen molar-refractivity contribution in [2.75, 3.05) is 39.4 Å². The average molecular weight is 733 g/mol. The third-order valence-electron chi connectivity index (χ3n) is 9.81. The molecule has 0 saturated carbocycles. The second kappa shape index (κ2) is 45.5. The number of hydrogen-bond acceptors (Lipinski definition) is 6. The molecule has 0 aliphatic heterocycles. The molecule has 0 amide bonds. The maximum atomic E-state index is 12.0. The maximum absolute atomic E-state index is 12.0. The van der Waals surface area contributed by atoms with Gasteiger partial charge in [0.05, 0.1) is 26.1 Å². The lowest BCUT2D eigenvalue weighted by Gasteiger charge is -2.08. The van der Waals surface area contributed by atoms with Crippen LogP contribution >= 0.6 is 0 Å². The molecule has 306 valence electrons. The van der Waals surface area contributed by atoms with Crippen LogP contribution in [0.2, 0.25) is 0 Å². The lowest BCUT2D eigenvalue weighted by molar-refractivity contribution is -0.144. The lowest BCUT2D eigenvalue weighted by Crippen LogP contribution is -2.23. The smallest absolute Gasteiger partial charge is 0.307 e. The topological polar surface area (TPSA) is 76.7 Å². The van der Waals surface area contributed by atoms with Gasteiger partial charge in [-0.3, -0.25) is 9.59 Å². The van der Waals surface area contributed by atoms with E-state index in [1.54, 1.807) is 0 Å². The van der Waals surface area contributed by atoms with Crippen LogP contribution in [0.25, 0.3) is 0 Å². The molecule has 6 heteroatoms. The van der Waals surface area contributed by atoms with Gasteiger partial charge in [0.2, 0.25) is 0 Å². The standard InChI is InChI=1S/C46H88N2O4/c1-3-5-7-9-11-13-15-17-19-21-23-25-27-29-31-35-43-51-45(49)37-41-47-39-33-34-40-48-42-38-46(50)52-44-36-32-30-28-26-24-22-20-18-16-14-12-10-8-6-4-2/h17-20,47-48H,3-16,21-44H2,1-2H3/b19-17+,20-18+. The number of nitrogens with one attached hydrogen (secondary N) is 2. The van der Waals surface area contributed by atoms with Gasteiger partial charge < -0.3 is 20.1 Å². The first-order chi connectivity index (χ1) is 25.7. The number of rotatable bonds is 43. The van der Waals surface area contributed by atoms with E-state index in [4.69, 9.17) is 9.47 Å². The zero-order valence-electron chi connectivity index (χ0n) is 34.8. The fourth-order valence-corrected chi connectivity index (χ4v) is 6.35. The quantitative estimate of drug-likeness (QED) is 0.0369. The van der Waals surface area contributed by atoms with Gasteiger partial charge in [0, 0.05) is 13.1 Å². The summed E-state index contributed by atoms with van der Waals surface area (Å²) >= 11 is 0. The van der Waals surface area contributed by atoms with E-state index < -0.39 is 0 Å². The minimum atomic E-state index is -0.0959. The van der Waals surface area contributed by atoms with Gasteiger partial charge >= 0.3 is 11.9 Å². The highest BCUT2D eigenvalue weighted by Gasteiger charge is 2.04. The van der Waals surface area contributed by atoms with Crippen molar-refractivity contribution in [3.05, 3.63) is 24.3 Å². The van der Waals surface area contributed by atoms with Crippen LogP contribution in [0.1, 0.15) is 219 Å². The number of esters is 2. The summed E-state index contributed by atoms with van der Waals surface area (Å²) < 4.78 is 10.8. The summed E-state index contributed by atoms with van der Waals surface area (Å²) in [6.07, 6.45) is 48.4. The number of carbonyl (C=O) groups excluding carboxylic acids is 2. The van der Waals surface area contributed by atoms with Crippen LogP contribution in [-0.4, -0.2) is 51.3 Å². The summed E-state index contributed by atoms with van der Waals surface area (Å²) in [5, 5.41) is 6.68. The Kier molecular flexibility index (Phi) is 44.0. The van der Waals surface area contributed by atoms with Gasteiger partial charge in [0.25, 0.3) is 0 Å². The Morgan fingerprint density at radius 1 is 0.365 bits per heavy atom. The minimum Gasteiger partial charge on any atom is -0.466 e. The summed E-state index contributed by atoms with van der Waals surface area (Å²) in [5.74, 6) is -0.192. The van der Waals surface area contributed by atoms with E-state index >= 15 is 0 Å². The Bertz CT molecular complexity index is 720. The molecule has 0 aromatic carbocycles. The summed E-state index contributed by atoms with van der Waals surface area (Å²) in [6, 6.07) is 0. The van der Waals surface area contributed by atoms with E-state index in [1.807, 2.05) is 0 Å². The molecule has 0 saturated heterocycles. The van der Waals surface area contributed by atoms with Gasteiger partial charge in [0.15, 0.2) is 0 Å². The van der Waals surface area contributed by atoms with E-state index in [-0.39, 0.29) is 11.9 Å². The van der Waals surface area contributed by atoms with Crippen molar-refractivity contribution in [1.82, 2.24) is 10.6 Å². The van der Waals surface area contributed by atoms with Gasteiger partial charge in [-0.25, -0.2) is 0 Å². The van der Waals surface area contributed by atoms with Gasteiger partial charge in [-0.15, -0.1) is 0 Å². The molecular weight excluding hydrogens is 645 g/mol. The molecule has 0 heterocycles. The number of allylic oxidation sites excluding steroid dienone is 4. The van der Waals surface area contributed by atoms with Crippen molar-refractivity contribution in [3.8, 4) is 0 Å². The molecule has 0 unspecified atom stereocenters. The Labute approximate surface area is 323 Å². The monoisotopic (exact) mass is 733 g/mol. The molecule has 0 rings (SSSR count). The Morgan fingerprint density at radius 2 is 0.654 bits per heavy atom. The van der Waals surface area contributed by atoms with Gasteiger partial charge in [-0.2, -0.15) is 0 Å². The Balaban J connectivity index is 3.28. The molecule has 0 aromatic heterocycles. The summed E-state index contributed by atoms with van der Waals surface area (Å²) in [4.78, 5) is 23.9. The van der Waals surface area contributed by atoms with Gasteiger partial charge in [-0.1, -0.05) is 154 Å². The largest absolute Gasteiger partial charge is 0.466 e. The van der Waals surface area contributed by atoms with E-state index in [9.17, 15) is 9.59 Å². The third-order valence-corrected chi connectivity index (χ3v) is 9.81. The van der Waals surface area contributed by atoms with Crippen molar-refractivity contribution >= 4 is 11.9 Å². The second-order valence-corrected chi connectivity index (χ2v) is 15.0. The van der Waals surface area contributed by atoms with Crippen molar-refractivity contribution in [3.63, 3.8) is 0 Å². The summed E-state index contributed by atoms with van der Waals surface area (Å²) in [6.45, 7) is 8.77. The van der Waals surface area contributed by atoms with E-state index in [0.717, 1.165) is 51.6 Å². The highest BCUT2D eigenvalue weighted by atomic mass is 16.5. The summed E-state index contributed by atoms with van der Waals surface area (Å²) in [5.41, 5.74) is 0. The van der Waals surface area contributed by atoms with Crippen LogP contribution in [-0.2, 0) is 19.1 Å². The molecule has 0 aliphatic carbocycles. The first kappa shape index (κ1) is 50.3. The van der Waals surface area contributed by atoms with Crippen LogP contribution < -0.4 is 10.6 Å². The van der Waals surface area contributed by atoms with E-state index in [2.05, 4.69) is 48.8 Å². The highest BCUT2D eigenvalue weighted by Crippen LogP contribution is 2.12. The molecule has 2 N–H and O–H groups in total.